The van der Waals surface area contributed by atoms with Crippen LogP contribution in [0.25, 0.3) is 0 Å². The van der Waals surface area contributed by atoms with Crippen molar-refractivity contribution in [1.29, 1.82) is 0 Å². The van der Waals surface area contributed by atoms with E-state index < -0.39 is 0 Å². The Morgan fingerprint density at radius 3 is 2.62 bits per heavy atom. The lowest BCUT2D eigenvalue weighted by Crippen LogP contribution is -2.42. The van der Waals surface area contributed by atoms with E-state index >= 15 is 0 Å². The van der Waals surface area contributed by atoms with Gasteiger partial charge < -0.3 is 15.0 Å². The van der Waals surface area contributed by atoms with E-state index in [1.165, 1.54) is 4.90 Å². The van der Waals surface area contributed by atoms with Crippen molar-refractivity contribution in [1.82, 2.24) is 10.2 Å². The first-order chi connectivity index (χ1) is 9.99. The lowest BCUT2D eigenvalue weighted by molar-refractivity contribution is -0.137. The normalized spacial score (nSPS) is 10.1. The van der Waals surface area contributed by atoms with Crippen molar-refractivity contribution in [3.63, 3.8) is 0 Å². The monoisotopic (exact) mass is 332 g/mol. The van der Waals surface area contributed by atoms with Crippen LogP contribution in [0.1, 0.15) is 13.8 Å². The molecule has 0 saturated heterocycles. The number of carbonyl (C=O) groups is 2. The summed E-state index contributed by atoms with van der Waals surface area (Å²) in [5.74, 6) is -0.153. The molecule has 0 atom stereocenters. The number of nitrogens with zero attached hydrogens (tertiary/aromatic N) is 1. The zero-order valence-corrected chi connectivity index (χ0v) is 13.5. The molecule has 0 unspecified atom stereocenters. The van der Waals surface area contributed by atoms with Crippen LogP contribution < -0.4 is 10.1 Å². The highest BCUT2D eigenvalue weighted by Gasteiger charge is 2.16. The van der Waals surface area contributed by atoms with Crippen LogP contribution in [0.4, 0.5) is 0 Å². The van der Waals surface area contributed by atoms with E-state index in [4.69, 9.17) is 27.9 Å². The Morgan fingerprint density at radius 2 is 2.00 bits per heavy atom. The third-order valence-electron chi connectivity index (χ3n) is 2.71. The van der Waals surface area contributed by atoms with E-state index in [0.29, 0.717) is 23.9 Å². The first-order valence-corrected chi connectivity index (χ1v) is 7.36. The lowest BCUT2D eigenvalue weighted by atomic mass is 10.3. The second-order valence-electron chi connectivity index (χ2n) is 4.20. The van der Waals surface area contributed by atoms with Gasteiger partial charge in [0, 0.05) is 13.1 Å². The third kappa shape index (κ3) is 5.44. The Hall–Kier alpha value is -1.46. The van der Waals surface area contributed by atoms with Crippen LogP contribution in [-0.2, 0) is 9.59 Å². The molecule has 1 aromatic rings. The molecule has 0 fully saturated rings. The molecule has 21 heavy (non-hydrogen) atoms. The predicted octanol–water partition coefficient (Wildman–Crippen LogP) is 2.36. The highest BCUT2D eigenvalue weighted by atomic mass is 35.5. The van der Waals surface area contributed by atoms with Crippen molar-refractivity contribution in [2.75, 3.05) is 26.2 Å². The molecule has 116 valence electrons. The number of ether oxygens (including phenoxy) is 1. The highest BCUT2D eigenvalue weighted by Crippen LogP contribution is 2.31. The number of carbonyl (C=O) groups excluding carboxylic acids is 2. The van der Waals surface area contributed by atoms with E-state index in [9.17, 15) is 9.59 Å². The van der Waals surface area contributed by atoms with Gasteiger partial charge in [0.25, 0.3) is 5.91 Å². The molecule has 0 radical (unpaired) electrons. The maximum absolute atomic E-state index is 12.0. The maximum atomic E-state index is 12.0. The number of hydrogen-bond donors (Lipinski definition) is 1. The molecule has 0 bridgehead atoms. The first kappa shape index (κ1) is 17.6. The Kier molecular flexibility index (Phi) is 7.32. The Bertz CT molecular complexity index is 509. The van der Waals surface area contributed by atoms with E-state index in [1.54, 1.807) is 25.1 Å². The topological polar surface area (TPSA) is 58.6 Å². The second kappa shape index (κ2) is 8.74. The van der Waals surface area contributed by atoms with Crippen molar-refractivity contribution in [3.05, 3.63) is 28.2 Å². The molecule has 2 amide bonds. The molecule has 7 heteroatoms. The summed E-state index contributed by atoms with van der Waals surface area (Å²) in [6.45, 7) is 4.37. The minimum atomic E-state index is -0.292. The Morgan fingerprint density at radius 1 is 1.29 bits per heavy atom. The van der Waals surface area contributed by atoms with Crippen molar-refractivity contribution in [3.8, 4) is 5.75 Å². The van der Waals surface area contributed by atoms with Gasteiger partial charge in [-0.3, -0.25) is 9.59 Å². The zero-order chi connectivity index (χ0) is 15.8. The summed E-state index contributed by atoms with van der Waals surface area (Å²) in [7, 11) is 0. The predicted molar refractivity (Wildman–Crippen MR) is 82.9 cm³/mol. The molecule has 1 N–H and O–H groups in total. The van der Waals surface area contributed by atoms with E-state index in [0.717, 1.165) is 0 Å². The average Bonchev–Trinajstić information content (AvgIpc) is 2.46. The molecule has 0 spiro atoms. The van der Waals surface area contributed by atoms with Crippen molar-refractivity contribution in [2.45, 2.75) is 13.8 Å². The molecule has 0 heterocycles. The summed E-state index contributed by atoms with van der Waals surface area (Å²) < 4.78 is 5.36. The number of likely N-dealkylation sites (N-methyl/N-ethyl adjacent to an activating group) is 2. The number of benzene rings is 1. The van der Waals surface area contributed by atoms with Crippen LogP contribution in [-0.4, -0.2) is 43.0 Å². The van der Waals surface area contributed by atoms with E-state index in [1.807, 2.05) is 6.92 Å². The zero-order valence-electron chi connectivity index (χ0n) is 12.0. The second-order valence-corrected chi connectivity index (χ2v) is 4.99. The number of rotatable bonds is 7. The van der Waals surface area contributed by atoms with Crippen LogP contribution in [0.3, 0.4) is 0 Å². The number of halogens is 2. The summed E-state index contributed by atoms with van der Waals surface area (Å²) >= 11 is 11.8. The van der Waals surface area contributed by atoms with Gasteiger partial charge in [-0.25, -0.2) is 0 Å². The molecule has 0 aromatic heterocycles. The molecule has 0 aliphatic heterocycles. The van der Waals surface area contributed by atoms with Gasteiger partial charge in [-0.1, -0.05) is 29.3 Å². The van der Waals surface area contributed by atoms with Crippen LogP contribution in [0.15, 0.2) is 18.2 Å². The average molecular weight is 333 g/mol. The van der Waals surface area contributed by atoms with Crippen molar-refractivity contribution < 1.29 is 14.3 Å². The van der Waals surface area contributed by atoms with Crippen LogP contribution in [0.5, 0.6) is 5.75 Å². The SMILES string of the molecule is CCNC(=O)CN(CC)C(=O)COc1cccc(Cl)c1Cl. The fourth-order valence-electron chi connectivity index (χ4n) is 1.63. The van der Waals surface area contributed by atoms with Gasteiger partial charge in [-0.05, 0) is 26.0 Å². The Balaban J connectivity index is 2.58. The van der Waals surface area contributed by atoms with Gasteiger partial charge >= 0.3 is 0 Å². The van der Waals surface area contributed by atoms with Crippen LogP contribution in [0, 0.1) is 0 Å². The minimum absolute atomic E-state index is 0.00973. The summed E-state index contributed by atoms with van der Waals surface area (Å²) in [6, 6.07) is 4.94. The number of nitrogens with one attached hydrogen (secondary N) is 1. The van der Waals surface area contributed by atoms with Gasteiger partial charge in [0.15, 0.2) is 6.61 Å². The largest absolute Gasteiger partial charge is 0.482 e. The molecular formula is C14H18Cl2N2O3. The summed E-state index contributed by atoms with van der Waals surface area (Å²) in [5, 5.41) is 3.26. The number of hydrogen-bond acceptors (Lipinski definition) is 3. The Labute approximate surface area is 134 Å². The molecule has 1 aromatic carbocycles. The van der Waals surface area contributed by atoms with Gasteiger partial charge in [-0.2, -0.15) is 0 Å². The fraction of sp³-hybridized carbons (Fsp3) is 0.429. The summed E-state index contributed by atoms with van der Waals surface area (Å²) in [6.07, 6.45) is 0. The number of amides is 2. The van der Waals surface area contributed by atoms with Crippen molar-refractivity contribution >= 4 is 35.0 Å². The van der Waals surface area contributed by atoms with Gasteiger partial charge in [0.05, 0.1) is 11.6 Å². The van der Waals surface area contributed by atoms with Gasteiger partial charge in [-0.15, -0.1) is 0 Å². The molecule has 0 aliphatic carbocycles. The maximum Gasteiger partial charge on any atom is 0.260 e. The third-order valence-corrected chi connectivity index (χ3v) is 3.51. The molecule has 0 aliphatic rings. The molecule has 0 saturated carbocycles. The first-order valence-electron chi connectivity index (χ1n) is 6.60. The quantitative estimate of drug-likeness (QED) is 0.833. The lowest BCUT2D eigenvalue weighted by Gasteiger charge is -2.20. The minimum Gasteiger partial charge on any atom is -0.482 e. The summed E-state index contributed by atoms with van der Waals surface area (Å²) in [5.41, 5.74) is 0. The smallest absolute Gasteiger partial charge is 0.260 e. The van der Waals surface area contributed by atoms with Crippen LogP contribution >= 0.6 is 23.2 Å². The van der Waals surface area contributed by atoms with Gasteiger partial charge in [0.1, 0.15) is 10.8 Å². The molecule has 1 rings (SSSR count). The summed E-state index contributed by atoms with van der Waals surface area (Å²) in [4.78, 5) is 24.9. The highest BCUT2D eigenvalue weighted by molar-refractivity contribution is 6.42. The van der Waals surface area contributed by atoms with E-state index in [2.05, 4.69) is 5.32 Å². The van der Waals surface area contributed by atoms with Crippen molar-refractivity contribution in [2.24, 2.45) is 0 Å². The van der Waals surface area contributed by atoms with E-state index in [-0.39, 0.29) is 30.0 Å². The standard InChI is InChI=1S/C14H18Cl2N2O3/c1-3-17-12(19)8-18(4-2)13(20)9-21-11-7-5-6-10(15)14(11)16/h5-7H,3-4,8-9H2,1-2H3,(H,17,19). The van der Waals surface area contributed by atoms with Crippen LogP contribution in [0.2, 0.25) is 10.0 Å². The molecular weight excluding hydrogens is 315 g/mol. The fourth-order valence-corrected chi connectivity index (χ4v) is 1.98. The van der Waals surface area contributed by atoms with Gasteiger partial charge in [0.2, 0.25) is 5.91 Å². The molecule has 5 nitrogen and oxygen atoms in total.